The van der Waals surface area contributed by atoms with Gasteiger partial charge in [-0.1, -0.05) is 11.6 Å². The zero-order chi connectivity index (χ0) is 13.9. The number of nitrogens with one attached hydrogen (secondary N) is 1. The van der Waals surface area contributed by atoms with Crippen LogP contribution in [-0.4, -0.2) is 16.2 Å². The minimum atomic E-state index is 0.475. The van der Waals surface area contributed by atoms with E-state index in [0.29, 0.717) is 16.0 Å². The molecule has 20 heavy (non-hydrogen) atoms. The Morgan fingerprint density at radius 3 is 3.05 bits per heavy atom. The molecule has 3 N–H and O–H groups in total. The highest BCUT2D eigenvalue weighted by Crippen LogP contribution is 2.25. The molecule has 0 amide bonds. The predicted molar refractivity (Wildman–Crippen MR) is 84.5 cm³/mol. The molecule has 0 aliphatic heterocycles. The van der Waals surface area contributed by atoms with E-state index >= 15 is 0 Å². The summed E-state index contributed by atoms with van der Waals surface area (Å²) < 4.78 is 0. The lowest BCUT2D eigenvalue weighted by Gasteiger charge is -2.02. The standard InChI is InChI=1S/C13H10ClN5S/c14-12-8(3-4-10-9(12)2-1-5-16-10)6-17-19-13-18-11(15)7-20-13/h1-7H,15H2,(H,18,19). The van der Waals surface area contributed by atoms with Crippen LogP contribution in [0.4, 0.5) is 10.9 Å². The summed E-state index contributed by atoms with van der Waals surface area (Å²) in [5.74, 6) is 0.475. The van der Waals surface area contributed by atoms with Crippen molar-refractivity contribution >= 4 is 51.0 Å². The van der Waals surface area contributed by atoms with E-state index in [1.54, 1.807) is 17.8 Å². The largest absolute Gasteiger partial charge is 0.383 e. The smallest absolute Gasteiger partial charge is 0.205 e. The van der Waals surface area contributed by atoms with Gasteiger partial charge in [0.1, 0.15) is 5.82 Å². The number of rotatable bonds is 3. The van der Waals surface area contributed by atoms with Crippen LogP contribution >= 0.6 is 22.9 Å². The fourth-order valence-electron chi connectivity index (χ4n) is 1.73. The van der Waals surface area contributed by atoms with Crippen LogP contribution in [0.1, 0.15) is 5.56 Å². The summed E-state index contributed by atoms with van der Waals surface area (Å²) in [7, 11) is 0. The lowest BCUT2D eigenvalue weighted by Crippen LogP contribution is -1.92. The Morgan fingerprint density at radius 2 is 2.25 bits per heavy atom. The van der Waals surface area contributed by atoms with Crippen LogP contribution in [0, 0.1) is 0 Å². The Bertz CT molecular complexity index is 783. The minimum absolute atomic E-state index is 0.475. The van der Waals surface area contributed by atoms with Crippen molar-refractivity contribution in [2.24, 2.45) is 5.10 Å². The van der Waals surface area contributed by atoms with Gasteiger partial charge in [0.2, 0.25) is 5.13 Å². The van der Waals surface area contributed by atoms with Gasteiger partial charge in [-0.25, -0.2) is 4.98 Å². The number of nitrogen functional groups attached to an aromatic ring is 1. The van der Waals surface area contributed by atoms with Crippen molar-refractivity contribution in [3.63, 3.8) is 0 Å². The zero-order valence-corrected chi connectivity index (χ0v) is 11.8. The number of anilines is 2. The van der Waals surface area contributed by atoms with Crippen LogP contribution in [0.25, 0.3) is 10.9 Å². The van der Waals surface area contributed by atoms with Gasteiger partial charge in [0.25, 0.3) is 0 Å². The summed E-state index contributed by atoms with van der Waals surface area (Å²) >= 11 is 7.72. The lowest BCUT2D eigenvalue weighted by molar-refractivity contribution is 1.29. The average molecular weight is 304 g/mol. The molecular weight excluding hydrogens is 294 g/mol. The molecule has 2 aromatic heterocycles. The van der Waals surface area contributed by atoms with Gasteiger partial charge < -0.3 is 5.73 Å². The molecule has 0 aliphatic rings. The van der Waals surface area contributed by atoms with Gasteiger partial charge in [0.05, 0.1) is 16.8 Å². The molecule has 2 heterocycles. The number of fused-ring (bicyclic) bond motifs is 1. The third-order valence-electron chi connectivity index (χ3n) is 2.63. The normalized spacial score (nSPS) is 11.2. The molecule has 0 saturated carbocycles. The Labute approximate surface area is 124 Å². The van der Waals surface area contributed by atoms with Crippen molar-refractivity contribution in [1.82, 2.24) is 9.97 Å². The molecule has 7 heteroatoms. The van der Waals surface area contributed by atoms with Crippen LogP contribution in [0.3, 0.4) is 0 Å². The third-order valence-corrected chi connectivity index (χ3v) is 3.82. The van der Waals surface area contributed by atoms with Crippen molar-refractivity contribution in [3.8, 4) is 0 Å². The molecule has 3 aromatic rings. The quantitative estimate of drug-likeness (QED) is 0.574. The Balaban J connectivity index is 1.85. The van der Waals surface area contributed by atoms with E-state index in [4.69, 9.17) is 17.3 Å². The second kappa shape index (κ2) is 5.44. The van der Waals surface area contributed by atoms with Crippen molar-refractivity contribution in [1.29, 1.82) is 0 Å². The number of benzene rings is 1. The van der Waals surface area contributed by atoms with Crippen molar-refractivity contribution in [2.75, 3.05) is 11.2 Å². The van der Waals surface area contributed by atoms with Gasteiger partial charge >= 0.3 is 0 Å². The summed E-state index contributed by atoms with van der Waals surface area (Å²) in [5.41, 5.74) is 10.0. The number of aromatic nitrogens is 2. The van der Waals surface area contributed by atoms with Crippen LogP contribution in [0.2, 0.25) is 5.02 Å². The second-order valence-electron chi connectivity index (χ2n) is 3.99. The highest BCUT2D eigenvalue weighted by molar-refractivity contribution is 7.14. The third kappa shape index (κ3) is 2.56. The molecule has 100 valence electrons. The molecule has 3 rings (SSSR count). The van der Waals surface area contributed by atoms with Crippen molar-refractivity contribution in [2.45, 2.75) is 0 Å². The summed E-state index contributed by atoms with van der Waals surface area (Å²) in [6, 6.07) is 7.56. The van der Waals surface area contributed by atoms with Gasteiger partial charge in [-0.3, -0.25) is 10.4 Å². The van der Waals surface area contributed by atoms with Gasteiger partial charge in [0, 0.05) is 22.5 Å². The van der Waals surface area contributed by atoms with Crippen molar-refractivity contribution < 1.29 is 0 Å². The molecule has 1 aromatic carbocycles. The minimum Gasteiger partial charge on any atom is -0.383 e. The van der Waals surface area contributed by atoms with Crippen LogP contribution in [-0.2, 0) is 0 Å². The topological polar surface area (TPSA) is 76.2 Å². The van der Waals surface area contributed by atoms with E-state index in [-0.39, 0.29) is 0 Å². The maximum Gasteiger partial charge on any atom is 0.205 e. The lowest BCUT2D eigenvalue weighted by atomic mass is 10.1. The first kappa shape index (κ1) is 12.8. The molecule has 0 spiro atoms. The average Bonchev–Trinajstić information content (AvgIpc) is 2.87. The predicted octanol–water partition coefficient (Wildman–Crippen LogP) is 3.37. The van der Waals surface area contributed by atoms with Gasteiger partial charge in [-0.2, -0.15) is 5.10 Å². The first-order valence-corrected chi connectivity index (χ1v) is 7.03. The number of nitrogens with zero attached hydrogens (tertiary/aromatic N) is 3. The maximum atomic E-state index is 6.34. The van der Waals surface area contributed by atoms with E-state index in [9.17, 15) is 0 Å². The van der Waals surface area contributed by atoms with Crippen LogP contribution in [0.15, 0.2) is 40.9 Å². The molecule has 0 fully saturated rings. The zero-order valence-electron chi connectivity index (χ0n) is 10.2. The fraction of sp³-hybridized carbons (Fsp3) is 0. The first-order chi connectivity index (χ1) is 9.74. The van der Waals surface area contributed by atoms with Crippen molar-refractivity contribution in [3.05, 3.63) is 46.4 Å². The van der Waals surface area contributed by atoms with Gasteiger partial charge in [-0.15, -0.1) is 11.3 Å². The summed E-state index contributed by atoms with van der Waals surface area (Å²) in [5, 5.41) is 8.01. The van der Waals surface area contributed by atoms with Crippen LogP contribution in [0.5, 0.6) is 0 Å². The monoisotopic (exact) mass is 303 g/mol. The summed E-state index contributed by atoms with van der Waals surface area (Å²) in [6.07, 6.45) is 3.38. The van der Waals surface area contributed by atoms with Gasteiger partial charge in [0.15, 0.2) is 0 Å². The molecule has 0 aliphatic carbocycles. The highest BCUT2D eigenvalue weighted by atomic mass is 35.5. The summed E-state index contributed by atoms with van der Waals surface area (Å²) in [6.45, 7) is 0. The number of hydrogen-bond donors (Lipinski definition) is 2. The molecular formula is C13H10ClN5S. The number of pyridine rings is 1. The Kier molecular flexibility index (Phi) is 3.49. The highest BCUT2D eigenvalue weighted by Gasteiger charge is 2.04. The number of nitrogens with two attached hydrogens (primary N) is 1. The SMILES string of the molecule is Nc1csc(NN=Cc2ccc3ncccc3c2Cl)n1. The van der Waals surface area contributed by atoms with E-state index < -0.39 is 0 Å². The first-order valence-electron chi connectivity index (χ1n) is 5.77. The summed E-state index contributed by atoms with van der Waals surface area (Å²) in [4.78, 5) is 8.29. The number of thiazole rings is 1. The fourth-order valence-corrected chi connectivity index (χ4v) is 2.55. The molecule has 5 nitrogen and oxygen atoms in total. The van der Waals surface area contributed by atoms with E-state index in [2.05, 4.69) is 20.5 Å². The molecule has 0 atom stereocenters. The molecule has 0 saturated heterocycles. The molecule has 0 unspecified atom stereocenters. The Morgan fingerprint density at radius 1 is 1.35 bits per heavy atom. The molecule has 0 bridgehead atoms. The van der Waals surface area contributed by atoms with Gasteiger partial charge in [-0.05, 0) is 24.3 Å². The van der Waals surface area contributed by atoms with E-state index in [0.717, 1.165) is 16.5 Å². The number of hydrazone groups is 1. The van der Waals surface area contributed by atoms with E-state index in [1.165, 1.54) is 11.3 Å². The number of halogens is 1. The second-order valence-corrected chi connectivity index (χ2v) is 5.22. The number of hydrogen-bond acceptors (Lipinski definition) is 6. The van der Waals surface area contributed by atoms with E-state index in [1.807, 2.05) is 24.3 Å². The molecule has 0 radical (unpaired) electrons. The maximum absolute atomic E-state index is 6.34. The van der Waals surface area contributed by atoms with Crippen LogP contribution < -0.4 is 11.2 Å². The Hall–Kier alpha value is -2.18.